The smallest absolute Gasteiger partial charge is 0.245 e. The Morgan fingerprint density at radius 3 is 2.47 bits per heavy atom. The zero-order valence-corrected chi connectivity index (χ0v) is 11.3. The highest BCUT2D eigenvalue weighted by Gasteiger charge is 2.26. The number of allylic oxidation sites excluding steroid dienone is 2. The van der Waals surface area contributed by atoms with Gasteiger partial charge in [-0.2, -0.15) is 4.74 Å². The zero-order valence-electron chi connectivity index (χ0n) is 11.3. The third-order valence-corrected chi connectivity index (χ3v) is 3.40. The largest absolute Gasteiger partial charge is 0.497 e. The molecule has 0 saturated heterocycles. The van der Waals surface area contributed by atoms with E-state index in [1.807, 2.05) is 24.3 Å². The van der Waals surface area contributed by atoms with E-state index >= 15 is 0 Å². The second-order valence-electron chi connectivity index (χ2n) is 4.44. The standard InChI is InChI=1S/C16H18O3/c1-18-14-7-3-12(4-8-14)16(11-17)13-5-9-15(19-2)10-6-13/h3-5,7-8,11H,6,9-10H2,1-2H3/q+1. The van der Waals surface area contributed by atoms with Crippen LogP contribution < -0.4 is 4.74 Å². The molecule has 1 aromatic carbocycles. The van der Waals surface area contributed by atoms with E-state index in [2.05, 4.69) is 6.08 Å². The van der Waals surface area contributed by atoms with Crippen LogP contribution in [0.5, 0.6) is 5.75 Å². The van der Waals surface area contributed by atoms with Crippen molar-refractivity contribution in [1.29, 1.82) is 0 Å². The fraction of sp³-hybridized carbons (Fsp3) is 0.312. The lowest BCUT2D eigenvalue weighted by molar-refractivity contribution is 0.190. The Balaban J connectivity index is 2.18. The maximum Gasteiger partial charge on any atom is 0.245 e. The summed E-state index contributed by atoms with van der Waals surface area (Å²) < 4.78 is 10.4. The molecule has 3 nitrogen and oxygen atoms in total. The molecule has 1 aromatic rings. The second kappa shape index (κ2) is 6.34. The summed E-state index contributed by atoms with van der Waals surface area (Å²) in [5, 5.41) is 11.4. The van der Waals surface area contributed by atoms with E-state index in [1.165, 1.54) is 0 Å². The summed E-state index contributed by atoms with van der Waals surface area (Å²) in [4.78, 5) is 0. The highest BCUT2D eigenvalue weighted by atomic mass is 16.5. The predicted octanol–water partition coefficient (Wildman–Crippen LogP) is 3.76. The Hall–Kier alpha value is -1.87. The quantitative estimate of drug-likeness (QED) is 0.609. The predicted molar refractivity (Wildman–Crippen MR) is 73.8 cm³/mol. The van der Waals surface area contributed by atoms with Gasteiger partial charge in [0.2, 0.25) is 6.10 Å². The molecule has 0 fully saturated rings. The van der Waals surface area contributed by atoms with Crippen LogP contribution in [-0.2, 0) is 9.84 Å². The summed E-state index contributed by atoms with van der Waals surface area (Å²) in [5.74, 6) is 0.793. The molecule has 0 bridgehead atoms. The van der Waals surface area contributed by atoms with Gasteiger partial charge < -0.3 is 4.74 Å². The van der Waals surface area contributed by atoms with Gasteiger partial charge in [0.25, 0.3) is 0 Å². The van der Waals surface area contributed by atoms with E-state index < -0.39 is 0 Å². The van der Waals surface area contributed by atoms with Gasteiger partial charge in [0.1, 0.15) is 18.6 Å². The van der Waals surface area contributed by atoms with Gasteiger partial charge in [0.15, 0.2) is 6.26 Å². The molecule has 0 aliphatic heterocycles. The number of benzene rings is 1. The number of methoxy groups -OCH3 is 2. The zero-order chi connectivity index (χ0) is 13.7. The van der Waals surface area contributed by atoms with Crippen LogP contribution in [0.4, 0.5) is 0 Å². The molecule has 19 heavy (non-hydrogen) atoms. The SMILES string of the molecule is COc1ccc(C(=C[O])C2=CC[C+](OC)CC2)cc1. The van der Waals surface area contributed by atoms with Crippen molar-refractivity contribution < 1.29 is 14.6 Å². The van der Waals surface area contributed by atoms with Crippen LogP contribution in [0.1, 0.15) is 24.8 Å². The molecule has 3 heteroatoms. The molecule has 0 N–H and O–H groups in total. The lowest BCUT2D eigenvalue weighted by Gasteiger charge is -2.14. The van der Waals surface area contributed by atoms with Crippen LogP contribution in [0, 0.1) is 6.10 Å². The topological polar surface area (TPSA) is 38.4 Å². The van der Waals surface area contributed by atoms with Crippen LogP contribution in [0.25, 0.3) is 5.57 Å². The minimum absolute atomic E-state index is 0.762. The number of ether oxygens (including phenoxy) is 2. The van der Waals surface area contributed by atoms with E-state index in [1.54, 1.807) is 14.2 Å². The Kier molecular flexibility index (Phi) is 4.53. The number of rotatable bonds is 4. The van der Waals surface area contributed by atoms with Gasteiger partial charge in [-0.3, -0.25) is 5.11 Å². The average Bonchev–Trinajstić information content (AvgIpc) is 2.49. The van der Waals surface area contributed by atoms with E-state index in [9.17, 15) is 5.11 Å². The lowest BCUT2D eigenvalue weighted by Crippen LogP contribution is -2.06. The van der Waals surface area contributed by atoms with Crippen molar-refractivity contribution in [1.82, 2.24) is 0 Å². The normalized spacial score (nSPS) is 16.2. The molecule has 0 aromatic heterocycles. The van der Waals surface area contributed by atoms with Crippen molar-refractivity contribution in [3.8, 4) is 5.75 Å². The van der Waals surface area contributed by atoms with E-state index in [0.717, 1.165) is 54.1 Å². The molecule has 1 radical (unpaired) electrons. The molecule has 0 heterocycles. The summed E-state index contributed by atoms with van der Waals surface area (Å²) in [5.41, 5.74) is 2.79. The van der Waals surface area contributed by atoms with Crippen molar-refractivity contribution in [3.63, 3.8) is 0 Å². The van der Waals surface area contributed by atoms with E-state index in [0.29, 0.717) is 0 Å². The molecule has 1 aliphatic rings. The van der Waals surface area contributed by atoms with Gasteiger partial charge in [-0.25, -0.2) is 0 Å². The van der Waals surface area contributed by atoms with Crippen LogP contribution in [0.2, 0.25) is 0 Å². The fourth-order valence-corrected chi connectivity index (χ4v) is 2.24. The summed E-state index contributed by atoms with van der Waals surface area (Å²) in [6, 6.07) is 7.57. The van der Waals surface area contributed by atoms with Crippen molar-refractivity contribution in [2.75, 3.05) is 14.2 Å². The molecular weight excluding hydrogens is 240 g/mol. The van der Waals surface area contributed by atoms with E-state index in [-0.39, 0.29) is 0 Å². The Bertz CT molecular complexity index is 471. The third kappa shape index (κ3) is 3.12. The summed E-state index contributed by atoms with van der Waals surface area (Å²) in [7, 11) is 3.33. The number of hydrogen-bond donors (Lipinski definition) is 0. The van der Waals surface area contributed by atoms with Gasteiger partial charge in [-0.1, -0.05) is 12.1 Å². The summed E-state index contributed by atoms with van der Waals surface area (Å²) >= 11 is 0. The molecule has 1 aliphatic carbocycles. The summed E-state index contributed by atoms with van der Waals surface area (Å²) in [6.07, 6.45) is 6.61. The minimum Gasteiger partial charge on any atom is -0.497 e. The molecule has 0 unspecified atom stereocenters. The van der Waals surface area contributed by atoms with Crippen LogP contribution in [0.3, 0.4) is 0 Å². The molecule has 0 atom stereocenters. The Morgan fingerprint density at radius 2 is 2.00 bits per heavy atom. The van der Waals surface area contributed by atoms with Crippen LogP contribution in [0.15, 0.2) is 42.2 Å². The molecule has 99 valence electrons. The van der Waals surface area contributed by atoms with Crippen molar-refractivity contribution in [2.24, 2.45) is 0 Å². The van der Waals surface area contributed by atoms with E-state index in [4.69, 9.17) is 9.47 Å². The highest BCUT2D eigenvalue weighted by molar-refractivity contribution is 5.78. The van der Waals surface area contributed by atoms with Gasteiger partial charge in [0.05, 0.1) is 14.2 Å². The molecule has 0 spiro atoms. The Morgan fingerprint density at radius 1 is 1.26 bits per heavy atom. The van der Waals surface area contributed by atoms with Crippen molar-refractivity contribution in [2.45, 2.75) is 19.3 Å². The maximum atomic E-state index is 11.4. The number of hydrogen-bond acceptors (Lipinski definition) is 2. The first-order valence-corrected chi connectivity index (χ1v) is 6.33. The molecular formula is C16H18O3+. The van der Waals surface area contributed by atoms with Crippen molar-refractivity contribution >= 4 is 5.57 Å². The highest BCUT2D eigenvalue weighted by Crippen LogP contribution is 2.34. The molecule has 0 amide bonds. The third-order valence-electron chi connectivity index (χ3n) is 3.40. The molecule has 2 rings (SSSR count). The van der Waals surface area contributed by atoms with Gasteiger partial charge in [-0.15, -0.1) is 0 Å². The first kappa shape index (κ1) is 13.6. The first-order valence-electron chi connectivity index (χ1n) is 6.33. The van der Waals surface area contributed by atoms with Gasteiger partial charge >= 0.3 is 0 Å². The maximum absolute atomic E-state index is 11.4. The van der Waals surface area contributed by atoms with Crippen LogP contribution in [-0.4, -0.2) is 14.2 Å². The van der Waals surface area contributed by atoms with Gasteiger partial charge in [-0.05, 0) is 29.3 Å². The Labute approximate surface area is 114 Å². The lowest BCUT2D eigenvalue weighted by atomic mass is 9.89. The average molecular weight is 258 g/mol. The van der Waals surface area contributed by atoms with Crippen molar-refractivity contribution in [3.05, 3.63) is 53.8 Å². The summed E-state index contributed by atoms with van der Waals surface area (Å²) in [6.45, 7) is 0. The second-order valence-corrected chi connectivity index (χ2v) is 4.44. The minimum atomic E-state index is 0.762. The monoisotopic (exact) mass is 258 g/mol. The fourth-order valence-electron chi connectivity index (χ4n) is 2.24. The molecule has 0 saturated carbocycles. The first-order chi connectivity index (χ1) is 9.28. The van der Waals surface area contributed by atoms with Gasteiger partial charge in [0, 0.05) is 12.0 Å². The van der Waals surface area contributed by atoms with Crippen LogP contribution >= 0.6 is 0 Å².